The predicted molar refractivity (Wildman–Crippen MR) is 109 cm³/mol. The highest BCUT2D eigenvalue weighted by Crippen LogP contribution is 2.38. The normalized spacial score (nSPS) is 12.9. The van der Waals surface area contributed by atoms with E-state index >= 15 is 0 Å². The number of halogens is 1. The molecule has 0 aliphatic rings. The van der Waals surface area contributed by atoms with Crippen molar-refractivity contribution >= 4 is 50.8 Å². The summed E-state index contributed by atoms with van der Waals surface area (Å²) in [5, 5.41) is 3.11. The molecule has 10 heteroatoms. The van der Waals surface area contributed by atoms with Crippen LogP contribution in [0.25, 0.3) is 0 Å². The molecule has 0 unspecified atom stereocenters. The molecule has 0 aliphatic carbocycles. The van der Waals surface area contributed by atoms with Crippen LogP contribution in [0.5, 0.6) is 0 Å². The third-order valence-corrected chi connectivity index (χ3v) is 7.82. The topological polar surface area (TPSA) is 84.5 Å². The highest BCUT2D eigenvalue weighted by atomic mass is 35.5. The third kappa shape index (κ3) is 8.94. The number of hydrogen-bond donors (Lipinski definition) is 2. The van der Waals surface area contributed by atoms with E-state index in [0.29, 0.717) is 23.7 Å². The fourth-order valence-corrected chi connectivity index (χ4v) is 6.37. The number of alkyl carbamates (subject to hydrolysis) is 1. The Morgan fingerprint density at radius 3 is 2.42 bits per heavy atom. The Labute approximate surface area is 169 Å². The van der Waals surface area contributed by atoms with E-state index in [1.807, 2.05) is 0 Å². The number of rotatable bonds is 7. The zero-order valence-corrected chi connectivity index (χ0v) is 19.1. The number of ether oxygens (including phenoxy) is 1. The number of sulfonamides is 1. The van der Waals surface area contributed by atoms with Gasteiger partial charge in [-0.3, -0.25) is 0 Å². The minimum atomic E-state index is -3.59. The number of thioether (sulfide) groups is 1. The van der Waals surface area contributed by atoms with Gasteiger partial charge in [-0.05, 0) is 54.0 Å². The van der Waals surface area contributed by atoms with E-state index in [1.165, 1.54) is 17.8 Å². The van der Waals surface area contributed by atoms with Gasteiger partial charge in [0.05, 0.1) is 9.23 Å². The van der Waals surface area contributed by atoms with Crippen molar-refractivity contribution in [1.29, 1.82) is 0 Å². The molecule has 1 aromatic heterocycles. The van der Waals surface area contributed by atoms with E-state index < -0.39 is 27.3 Å². The second-order valence-corrected chi connectivity index (χ2v) is 12.4. The van der Waals surface area contributed by atoms with Gasteiger partial charge in [-0.1, -0.05) is 11.6 Å². The van der Waals surface area contributed by atoms with Crippen molar-refractivity contribution < 1.29 is 17.9 Å². The largest absolute Gasteiger partial charge is 0.444 e. The third-order valence-electron chi connectivity index (χ3n) is 2.56. The summed E-state index contributed by atoms with van der Waals surface area (Å²) in [6.45, 7) is 11.2. The minimum Gasteiger partial charge on any atom is -0.444 e. The Bertz CT molecular complexity index is 719. The minimum absolute atomic E-state index is 0.201. The molecule has 0 atom stereocenters. The maximum atomic E-state index is 12.3. The van der Waals surface area contributed by atoms with Gasteiger partial charge < -0.3 is 10.1 Å². The molecule has 6 nitrogen and oxygen atoms in total. The Morgan fingerprint density at radius 2 is 1.88 bits per heavy atom. The lowest BCUT2D eigenvalue weighted by Crippen LogP contribution is -2.40. The second kappa shape index (κ2) is 9.14. The number of carbonyl (C=O) groups is 1. The molecule has 0 aliphatic heterocycles. The van der Waals surface area contributed by atoms with Crippen molar-refractivity contribution in [1.82, 2.24) is 10.0 Å². The Balaban J connectivity index is 2.50. The van der Waals surface area contributed by atoms with Crippen molar-refractivity contribution in [2.45, 2.75) is 67.5 Å². The van der Waals surface area contributed by atoms with Crippen LogP contribution >= 0.6 is 34.7 Å². The van der Waals surface area contributed by atoms with E-state index in [1.54, 1.807) is 41.5 Å². The highest BCUT2D eigenvalue weighted by molar-refractivity contribution is 8.01. The fourth-order valence-electron chi connectivity index (χ4n) is 1.76. The highest BCUT2D eigenvalue weighted by Gasteiger charge is 2.25. The van der Waals surface area contributed by atoms with Gasteiger partial charge in [0.25, 0.3) is 10.0 Å². The van der Waals surface area contributed by atoms with Crippen LogP contribution in [0.4, 0.5) is 4.79 Å². The first kappa shape index (κ1) is 23.6. The lowest BCUT2D eigenvalue weighted by Gasteiger charge is -2.19. The first-order valence-corrected chi connectivity index (χ1v) is 11.8. The number of amides is 1. The van der Waals surface area contributed by atoms with Crippen LogP contribution in [0.2, 0.25) is 5.02 Å². The zero-order valence-electron chi connectivity index (χ0n) is 15.9. The second-order valence-electron chi connectivity index (χ2n) is 7.69. The Hall–Kier alpha value is -0.480. The molecule has 150 valence electrons. The summed E-state index contributed by atoms with van der Waals surface area (Å²) in [5.74, 6) is 0.697. The average molecular weight is 443 g/mol. The molecule has 1 amide bonds. The molecule has 1 aromatic rings. The van der Waals surface area contributed by atoms with Crippen molar-refractivity contribution in [2.24, 2.45) is 0 Å². The first-order chi connectivity index (χ1) is 11.7. The van der Waals surface area contributed by atoms with Crippen LogP contribution in [0.3, 0.4) is 0 Å². The molecule has 0 fully saturated rings. The maximum absolute atomic E-state index is 12.3. The summed E-state index contributed by atoms with van der Waals surface area (Å²) in [4.78, 5) is 11.5. The predicted octanol–water partition coefficient (Wildman–Crippen LogP) is 4.49. The standard InChI is InChI=1S/C16H27ClN2O4S3/c1-15(2,3)19-26(21,22)12-10-11(17)13(25-12)24-9-7-8-18-14(20)23-16(4,5)6/h10,19H,7-9H2,1-6H3,(H,18,20). The molecule has 1 heterocycles. The number of thiophene rings is 1. The summed E-state index contributed by atoms with van der Waals surface area (Å²) in [6, 6.07) is 1.47. The van der Waals surface area contributed by atoms with Crippen molar-refractivity contribution in [3.63, 3.8) is 0 Å². The van der Waals surface area contributed by atoms with Crippen LogP contribution in [0.1, 0.15) is 48.0 Å². The van der Waals surface area contributed by atoms with E-state index in [9.17, 15) is 13.2 Å². The van der Waals surface area contributed by atoms with Gasteiger partial charge in [0.2, 0.25) is 0 Å². The van der Waals surface area contributed by atoms with Gasteiger partial charge in [-0.25, -0.2) is 17.9 Å². The van der Waals surface area contributed by atoms with Crippen LogP contribution in [0.15, 0.2) is 14.5 Å². The van der Waals surface area contributed by atoms with E-state index in [0.717, 1.165) is 15.5 Å². The molecule has 0 saturated heterocycles. The van der Waals surface area contributed by atoms with Gasteiger partial charge in [0, 0.05) is 17.8 Å². The van der Waals surface area contributed by atoms with E-state index in [-0.39, 0.29) is 4.21 Å². The summed E-state index contributed by atoms with van der Waals surface area (Å²) in [6.07, 6.45) is 0.263. The molecule has 0 saturated carbocycles. The summed E-state index contributed by atoms with van der Waals surface area (Å²) in [5.41, 5.74) is -1.08. The van der Waals surface area contributed by atoms with Crippen molar-refractivity contribution in [3.05, 3.63) is 11.1 Å². The molecule has 0 radical (unpaired) electrons. The van der Waals surface area contributed by atoms with Gasteiger partial charge in [-0.15, -0.1) is 23.1 Å². The van der Waals surface area contributed by atoms with Crippen molar-refractivity contribution in [3.8, 4) is 0 Å². The molecule has 0 bridgehead atoms. The summed E-state index contributed by atoms with van der Waals surface area (Å²) < 4.78 is 33.4. The molecular weight excluding hydrogens is 416 g/mol. The van der Waals surface area contributed by atoms with Crippen LogP contribution in [-0.2, 0) is 14.8 Å². The number of nitrogens with one attached hydrogen (secondary N) is 2. The lowest BCUT2D eigenvalue weighted by atomic mass is 10.1. The first-order valence-electron chi connectivity index (χ1n) is 8.12. The van der Waals surface area contributed by atoms with Crippen LogP contribution in [0, 0.1) is 0 Å². The Morgan fingerprint density at radius 1 is 1.27 bits per heavy atom. The van der Waals surface area contributed by atoms with E-state index in [2.05, 4.69) is 10.0 Å². The SMILES string of the molecule is CC(C)(C)NS(=O)(=O)c1cc(Cl)c(SCCCNC(=O)OC(C)(C)C)s1. The van der Waals surface area contributed by atoms with Crippen molar-refractivity contribution in [2.75, 3.05) is 12.3 Å². The molecule has 2 N–H and O–H groups in total. The molecule has 0 aromatic carbocycles. The van der Waals surface area contributed by atoms with Crippen LogP contribution in [-0.4, -0.2) is 37.9 Å². The zero-order chi connectivity index (χ0) is 20.2. The molecule has 0 spiro atoms. The van der Waals surface area contributed by atoms with Gasteiger partial charge in [0.15, 0.2) is 0 Å². The number of hydrogen-bond acceptors (Lipinski definition) is 6. The summed E-state index contributed by atoms with van der Waals surface area (Å²) >= 11 is 8.78. The quantitative estimate of drug-likeness (QED) is 0.480. The van der Waals surface area contributed by atoms with Gasteiger partial charge in [0.1, 0.15) is 9.81 Å². The van der Waals surface area contributed by atoms with Gasteiger partial charge >= 0.3 is 6.09 Å². The van der Waals surface area contributed by atoms with Gasteiger partial charge in [-0.2, -0.15) is 0 Å². The van der Waals surface area contributed by atoms with Crippen LogP contribution < -0.4 is 10.0 Å². The molecular formula is C16H27ClN2O4S3. The average Bonchev–Trinajstić information content (AvgIpc) is 2.76. The number of carbonyl (C=O) groups excluding carboxylic acids is 1. The molecule has 1 rings (SSSR count). The summed E-state index contributed by atoms with van der Waals surface area (Å²) in [7, 11) is -3.59. The Kier molecular flexibility index (Phi) is 8.28. The maximum Gasteiger partial charge on any atom is 0.407 e. The lowest BCUT2D eigenvalue weighted by molar-refractivity contribution is 0.0528. The fraction of sp³-hybridized carbons (Fsp3) is 0.688. The molecule has 26 heavy (non-hydrogen) atoms. The van der Waals surface area contributed by atoms with E-state index in [4.69, 9.17) is 16.3 Å². The monoisotopic (exact) mass is 442 g/mol. The smallest absolute Gasteiger partial charge is 0.407 e.